The van der Waals surface area contributed by atoms with Gasteiger partial charge in [-0.15, -0.1) is 0 Å². The Balaban J connectivity index is 2.18. The molecule has 1 unspecified atom stereocenters. The average molecular weight is 247 g/mol. The van der Waals surface area contributed by atoms with Gasteiger partial charge >= 0.3 is 0 Å². The average Bonchev–Trinajstić information content (AvgIpc) is 2.76. The standard InChI is InChI=1S/C12H23N3O2/c1-3-10-5-4-8-15(10)9-12(17)14-7-6-11(16)13-2/h10H,3-9H2,1-2H3,(H,13,16)(H,14,17)/i1+1,2+1,3+1,9+1,12+1,13+1. The highest BCUT2D eigenvalue weighted by molar-refractivity contribution is 5.80. The Bertz CT molecular complexity index is 268. The quantitative estimate of drug-likeness (QED) is 0.517. The first-order valence-electron chi connectivity index (χ1n) is 6.38. The predicted octanol–water partition coefficient (Wildman–Crippen LogP) is 0.113. The molecule has 0 spiro atoms. The topological polar surface area (TPSA) is 61.4 Å². The number of hydrogen-bond acceptors (Lipinski definition) is 3. The second kappa shape index (κ2) is 7.27. The molecule has 1 fully saturated rings. The first-order valence-corrected chi connectivity index (χ1v) is 6.38. The molecule has 1 rings (SSSR count). The number of amides is 2. The Kier molecular flexibility index (Phi) is 5.97. The highest BCUT2D eigenvalue weighted by Crippen LogP contribution is 2.18. The van der Waals surface area contributed by atoms with E-state index in [1.807, 2.05) is 0 Å². The first-order chi connectivity index (χ1) is 8.17. The van der Waals surface area contributed by atoms with Gasteiger partial charge in [-0.1, -0.05) is 6.92 Å². The molecule has 1 saturated heterocycles. The van der Waals surface area contributed by atoms with Gasteiger partial charge in [0.05, 0.1) is 6.54 Å². The van der Waals surface area contributed by atoms with Crippen LogP contribution in [0.25, 0.3) is 0 Å². The minimum absolute atomic E-state index is 0.0225. The number of carbonyl (C=O) groups is 2. The van der Waals surface area contributed by atoms with Crippen molar-refractivity contribution in [2.24, 2.45) is 0 Å². The molecule has 5 heteroatoms. The summed E-state index contributed by atoms with van der Waals surface area (Å²) in [6.07, 6.45) is 3.83. The summed E-state index contributed by atoms with van der Waals surface area (Å²) in [7, 11) is 1.60. The Morgan fingerprint density at radius 1 is 1.35 bits per heavy atom. The van der Waals surface area contributed by atoms with Gasteiger partial charge < -0.3 is 10.6 Å². The lowest BCUT2D eigenvalue weighted by Gasteiger charge is -2.22. The lowest BCUT2D eigenvalue weighted by molar-refractivity contribution is -0.123. The van der Waals surface area contributed by atoms with Crippen molar-refractivity contribution < 1.29 is 9.59 Å². The van der Waals surface area contributed by atoms with E-state index in [1.54, 1.807) is 7.05 Å². The monoisotopic (exact) mass is 247 g/mol. The van der Waals surface area contributed by atoms with Crippen LogP contribution < -0.4 is 10.6 Å². The molecule has 0 bridgehead atoms. The van der Waals surface area contributed by atoms with Crippen molar-refractivity contribution in [3.63, 3.8) is 0 Å². The summed E-state index contributed by atoms with van der Waals surface area (Å²) in [5.74, 6) is -0.0211. The van der Waals surface area contributed by atoms with Crippen LogP contribution >= 0.6 is 0 Å². The van der Waals surface area contributed by atoms with Crippen molar-refractivity contribution >= 4 is 11.8 Å². The smallest absolute Gasteiger partial charge is 0.234 e. The third-order valence-corrected chi connectivity index (χ3v) is 3.27. The fourth-order valence-electron chi connectivity index (χ4n) is 2.25. The fraction of sp³-hybridized carbons (Fsp3) is 0.833. The summed E-state index contributed by atoms with van der Waals surface area (Å²) in [4.78, 5) is 24.8. The molecule has 5 nitrogen and oxygen atoms in total. The first kappa shape index (κ1) is 14.0. The molecule has 0 aromatic carbocycles. The van der Waals surface area contributed by atoms with E-state index in [1.165, 1.54) is 12.8 Å². The molecule has 0 aromatic heterocycles. The molecule has 0 aromatic rings. The summed E-state index contributed by atoms with van der Waals surface area (Å²) in [6, 6.07) is 0.555. The summed E-state index contributed by atoms with van der Waals surface area (Å²) in [5, 5.41) is 5.31. The highest BCUT2D eigenvalue weighted by atomic mass is 16.2. The van der Waals surface area contributed by atoms with Crippen LogP contribution in [0.4, 0.5) is 0 Å². The van der Waals surface area contributed by atoms with Crippen LogP contribution in [0.2, 0.25) is 0 Å². The van der Waals surface area contributed by atoms with Gasteiger partial charge in [0.2, 0.25) is 11.8 Å². The van der Waals surface area contributed by atoms with Gasteiger partial charge in [-0.3, -0.25) is 14.5 Å². The molecule has 0 aliphatic carbocycles. The molecule has 0 radical (unpaired) electrons. The van der Waals surface area contributed by atoms with Crippen molar-refractivity contribution in [3.8, 4) is 0 Å². The molecule has 17 heavy (non-hydrogen) atoms. The summed E-state index contributed by atoms with van der Waals surface area (Å²) in [5.41, 5.74) is 0. The van der Waals surface area contributed by atoms with Crippen LogP contribution in [0.15, 0.2) is 0 Å². The zero-order chi connectivity index (χ0) is 12.7. The van der Waals surface area contributed by atoms with Crippen molar-refractivity contribution in [1.82, 2.24) is 15.5 Å². The molecular formula is C12H23N3O2. The molecule has 0 saturated carbocycles. The third kappa shape index (κ3) is 4.73. The van der Waals surface area contributed by atoms with Gasteiger partial charge in [-0.05, 0) is 25.8 Å². The number of hydrogen-bond donors (Lipinski definition) is 2. The Labute approximate surface area is 103 Å². The Hall–Kier alpha value is -1.10. The van der Waals surface area contributed by atoms with Gasteiger partial charge in [-0.25, -0.2) is 0 Å². The molecule has 1 atom stereocenters. The summed E-state index contributed by atoms with van der Waals surface area (Å²) >= 11 is 0. The van der Waals surface area contributed by atoms with E-state index in [-0.39, 0.29) is 11.8 Å². The maximum Gasteiger partial charge on any atom is 0.234 e. The van der Waals surface area contributed by atoms with Gasteiger partial charge in [0.1, 0.15) is 0 Å². The van der Waals surface area contributed by atoms with E-state index in [9.17, 15) is 9.59 Å². The second-order valence-electron chi connectivity index (χ2n) is 4.45. The van der Waals surface area contributed by atoms with Crippen LogP contribution in [0.3, 0.4) is 0 Å². The molecule has 2 N–H and O–H groups in total. The second-order valence-corrected chi connectivity index (χ2v) is 4.45. The number of nitrogens with one attached hydrogen (secondary N) is 2. The lowest BCUT2D eigenvalue weighted by Crippen LogP contribution is -2.40. The number of nitrogens with zero attached hydrogens (tertiary/aromatic N) is 1. The molecule has 1 aliphatic rings. The van der Waals surface area contributed by atoms with Gasteiger partial charge in [0.25, 0.3) is 0 Å². The fourth-order valence-corrected chi connectivity index (χ4v) is 2.25. The van der Waals surface area contributed by atoms with Gasteiger partial charge in [0.15, 0.2) is 0 Å². The molecular weight excluding hydrogens is 224 g/mol. The van der Waals surface area contributed by atoms with Gasteiger partial charge in [-0.2, -0.15) is 0 Å². The third-order valence-electron chi connectivity index (χ3n) is 3.27. The maximum atomic E-state index is 11.6. The molecule has 98 valence electrons. The van der Waals surface area contributed by atoms with Crippen LogP contribution in [0.5, 0.6) is 0 Å². The van der Waals surface area contributed by atoms with E-state index < -0.39 is 0 Å². The van der Waals surface area contributed by atoms with E-state index in [2.05, 4.69) is 22.5 Å². The van der Waals surface area contributed by atoms with E-state index >= 15 is 0 Å². The van der Waals surface area contributed by atoms with Crippen LogP contribution in [-0.2, 0) is 9.59 Å². The van der Waals surface area contributed by atoms with E-state index in [0.717, 1.165) is 13.0 Å². The summed E-state index contributed by atoms with van der Waals surface area (Å²) < 4.78 is 0. The maximum absolute atomic E-state index is 11.6. The Morgan fingerprint density at radius 2 is 2.12 bits per heavy atom. The SMILES string of the molecule is [13CH3][13CH2]C1CCCN1[13CH2][13C](=O)NCCC(=O)[15NH][13CH3]. The highest BCUT2D eigenvalue weighted by Gasteiger charge is 2.24. The lowest BCUT2D eigenvalue weighted by atomic mass is 10.3. The predicted molar refractivity (Wildman–Crippen MR) is 66.6 cm³/mol. The minimum Gasteiger partial charge on any atom is -0.359 e. The van der Waals surface area contributed by atoms with Crippen LogP contribution in [-0.4, -0.2) is 49.4 Å². The van der Waals surface area contributed by atoms with Crippen molar-refractivity contribution in [2.75, 3.05) is 26.7 Å². The normalized spacial score (nSPS) is 20.2. The van der Waals surface area contributed by atoms with Crippen molar-refractivity contribution in [1.29, 1.82) is 0 Å². The number of likely N-dealkylation sites (tertiary alicyclic amines) is 1. The zero-order valence-electron chi connectivity index (χ0n) is 10.8. The van der Waals surface area contributed by atoms with Crippen LogP contribution in [0, 0.1) is 0 Å². The molecule has 2 amide bonds. The van der Waals surface area contributed by atoms with Crippen molar-refractivity contribution in [2.45, 2.75) is 38.6 Å². The number of carbonyl (C=O) groups excluding carboxylic acids is 2. The summed E-state index contributed by atoms with van der Waals surface area (Å²) in [6.45, 7) is 4.06. The van der Waals surface area contributed by atoms with Gasteiger partial charge in [0, 0.05) is 26.1 Å². The largest absolute Gasteiger partial charge is 0.359 e. The minimum atomic E-state index is -0.0436. The van der Waals surface area contributed by atoms with E-state index in [4.69, 9.17) is 0 Å². The molecule has 1 aliphatic heterocycles. The van der Waals surface area contributed by atoms with Crippen molar-refractivity contribution in [3.05, 3.63) is 0 Å². The number of rotatable bonds is 6. The van der Waals surface area contributed by atoms with Crippen LogP contribution in [0.1, 0.15) is 32.6 Å². The zero-order valence-corrected chi connectivity index (χ0v) is 10.8. The van der Waals surface area contributed by atoms with E-state index in [0.29, 0.717) is 25.6 Å². The Morgan fingerprint density at radius 3 is 2.76 bits per heavy atom. The molecule has 1 heterocycles.